The van der Waals surface area contributed by atoms with Crippen LogP contribution in [0.2, 0.25) is 0 Å². The molecule has 3 aromatic heterocycles. The monoisotopic (exact) mass is 369 g/mol. The van der Waals surface area contributed by atoms with Gasteiger partial charge in [0.05, 0.1) is 23.4 Å². The molecule has 0 unspecified atom stereocenters. The van der Waals surface area contributed by atoms with Gasteiger partial charge in [-0.3, -0.25) is 9.99 Å². The smallest absolute Gasteiger partial charge is 0.170 e. The van der Waals surface area contributed by atoms with Gasteiger partial charge in [-0.2, -0.15) is 0 Å². The van der Waals surface area contributed by atoms with Crippen molar-refractivity contribution < 1.29 is 0 Å². The van der Waals surface area contributed by atoms with Crippen LogP contribution in [0.1, 0.15) is 5.56 Å². The normalized spacial score (nSPS) is 12.7. The number of aromatic nitrogens is 3. The second-order valence-electron chi connectivity index (χ2n) is 6.60. The highest BCUT2D eigenvalue weighted by atomic mass is 15.7. The summed E-state index contributed by atoms with van der Waals surface area (Å²) in [6.45, 7) is 0.679. The highest BCUT2D eigenvalue weighted by Crippen LogP contribution is 2.31. The van der Waals surface area contributed by atoms with E-state index >= 15 is 0 Å². The average molecular weight is 369 g/mol. The molecule has 7 heteroatoms. The van der Waals surface area contributed by atoms with Crippen molar-refractivity contribution in [3.8, 4) is 11.3 Å². The van der Waals surface area contributed by atoms with Gasteiger partial charge in [0.25, 0.3) is 0 Å². The number of pyridine rings is 3. The van der Waals surface area contributed by atoms with E-state index in [2.05, 4.69) is 44.4 Å². The minimum Gasteiger partial charge on any atom is -0.373 e. The standard InChI is InChI=1S/C21H19N7/c1-22-20-9-5-16(12-24-20)18-7-8-19-21(25-18)28(27-26-19)13-14-4-6-17-15(11-14)3-2-10-23-17/h2-12,26-27H,13H2,1H3,(H,22,24). The molecule has 0 atom stereocenters. The van der Waals surface area contributed by atoms with Crippen molar-refractivity contribution in [2.75, 3.05) is 22.8 Å². The van der Waals surface area contributed by atoms with Crippen molar-refractivity contribution in [1.29, 1.82) is 0 Å². The van der Waals surface area contributed by atoms with Gasteiger partial charge in [-0.15, -0.1) is 5.53 Å². The highest BCUT2D eigenvalue weighted by molar-refractivity contribution is 5.79. The molecule has 0 fully saturated rings. The maximum Gasteiger partial charge on any atom is 0.170 e. The van der Waals surface area contributed by atoms with Crippen LogP contribution in [-0.2, 0) is 6.54 Å². The molecule has 0 spiro atoms. The lowest BCUT2D eigenvalue weighted by atomic mass is 10.1. The summed E-state index contributed by atoms with van der Waals surface area (Å²) in [5.74, 6) is 1.70. The number of benzene rings is 1. The Morgan fingerprint density at radius 1 is 1.04 bits per heavy atom. The predicted molar refractivity (Wildman–Crippen MR) is 112 cm³/mol. The molecule has 1 aliphatic heterocycles. The number of anilines is 3. The Morgan fingerprint density at radius 3 is 2.86 bits per heavy atom. The summed E-state index contributed by atoms with van der Waals surface area (Å²) in [6, 6.07) is 18.3. The molecule has 0 saturated carbocycles. The largest absolute Gasteiger partial charge is 0.373 e. The predicted octanol–water partition coefficient (Wildman–Crippen LogP) is 3.59. The Morgan fingerprint density at radius 2 is 2.00 bits per heavy atom. The van der Waals surface area contributed by atoms with Crippen LogP contribution in [0.25, 0.3) is 22.2 Å². The fourth-order valence-corrected chi connectivity index (χ4v) is 3.31. The Bertz CT molecular complexity index is 1140. The molecule has 0 amide bonds. The molecule has 1 aromatic carbocycles. The molecular formula is C21H19N7. The molecular weight excluding hydrogens is 350 g/mol. The van der Waals surface area contributed by atoms with E-state index < -0.39 is 0 Å². The number of nitrogens with zero attached hydrogens (tertiary/aromatic N) is 4. The fraction of sp³-hybridized carbons (Fsp3) is 0.0952. The lowest BCUT2D eigenvalue weighted by Gasteiger charge is -2.17. The molecule has 4 heterocycles. The van der Waals surface area contributed by atoms with Crippen LogP contribution in [0, 0.1) is 0 Å². The molecule has 0 radical (unpaired) electrons. The summed E-state index contributed by atoms with van der Waals surface area (Å²) in [4.78, 5) is 13.6. The van der Waals surface area contributed by atoms with Gasteiger partial charge in [-0.05, 0) is 48.0 Å². The van der Waals surface area contributed by atoms with Crippen molar-refractivity contribution >= 4 is 28.2 Å². The highest BCUT2D eigenvalue weighted by Gasteiger charge is 2.21. The van der Waals surface area contributed by atoms with Gasteiger partial charge in [-0.1, -0.05) is 12.1 Å². The molecule has 4 aromatic rings. The van der Waals surface area contributed by atoms with Crippen LogP contribution in [0.15, 0.2) is 67.0 Å². The zero-order chi connectivity index (χ0) is 18.9. The van der Waals surface area contributed by atoms with Crippen LogP contribution in [0.5, 0.6) is 0 Å². The van der Waals surface area contributed by atoms with Crippen molar-refractivity contribution in [2.24, 2.45) is 0 Å². The summed E-state index contributed by atoms with van der Waals surface area (Å²) < 4.78 is 0. The van der Waals surface area contributed by atoms with Crippen molar-refractivity contribution in [1.82, 2.24) is 20.5 Å². The van der Waals surface area contributed by atoms with E-state index in [4.69, 9.17) is 4.98 Å². The first-order chi connectivity index (χ1) is 13.8. The zero-order valence-electron chi connectivity index (χ0n) is 15.3. The average Bonchev–Trinajstić information content (AvgIpc) is 3.16. The third-order valence-electron chi connectivity index (χ3n) is 4.78. The first-order valence-electron chi connectivity index (χ1n) is 9.08. The number of hydrogen-bond donors (Lipinski definition) is 3. The summed E-state index contributed by atoms with van der Waals surface area (Å²) in [7, 11) is 1.85. The van der Waals surface area contributed by atoms with Crippen LogP contribution in [-0.4, -0.2) is 22.0 Å². The number of hydrogen-bond acceptors (Lipinski definition) is 7. The molecule has 0 aliphatic carbocycles. The molecule has 138 valence electrons. The summed E-state index contributed by atoms with van der Waals surface area (Å²) >= 11 is 0. The maximum absolute atomic E-state index is 4.85. The van der Waals surface area contributed by atoms with Gasteiger partial charge in [0.1, 0.15) is 5.82 Å². The van der Waals surface area contributed by atoms with E-state index in [1.54, 1.807) is 0 Å². The maximum atomic E-state index is 4.85. The third-order valence-corrected chi connectivity index (χ3v) is 4.78. The topological polar surface area (TPSA) is 78.0 Å². The lowest BCUT2D eigenvalue weighted by molar-refractivity contribution is 0.718. The van der Waals surface area contributed by atoms with Crippen LogP contribution in [0.4, 0.5) is 17.3 Å². The van der Waals surface area contributed by atoms with Gasteiger partial charge in [0.15, 0.2) is 5.82 Å². The number of nitrogens with one attached hydrogen (secondary N) is 3. The minimum absolute atomic E-state index is 0.679. The Hall–Kier alpha value is -3.71. The van der Waals surface area contributed by atoms with E-state index in [-0.39, 0.29) is 0 Å². The van der Waals surface area contributed by atoms with E-state index in [1.165, 1.54) is 5.56 Å². The Labute approximate surface area is 162 Å². The quantitative estimate of drug-likeness (QED) is 0.507. The number of fused-ring (bicyclic) bond motifs is 2. The molecule has 3 N–H and O–H groups in total. The number of rotatable bonds is 4. The van der Waals surface area contributed by atoms with E-state index in [0.717, 1.165) is 39.5 Å². The molecule has 28 heavy (non-hydrogen) atoms. The molecule has 7 nitrogen and oxygen atoms in total. The van der Waals surface area contributed by atoms with E-state index in [1.807, 2.05) is 60.8 Å². The second-order valence-corrected chi connectivity index (χ2v) is 6.60. The summed E-state index contributed by atoms with van der Waals surface area (Å²) in [6.07, 6.45) is 3.64. The van der Waals surface area contributed by atoms with Crippen LogP contribution in [0.3, 0.4) is 0 Å². The minimum atomic E-state index is 0.679. The first kappa shape index (κ1) is 16.5. The SMILES string of the molecule is CNc1ccc(-c2ccc3c(n2)N(Cc2ccc4ncccc4c2)NN3)cn1. The van der Waals surface area contributed by atoms with Crippen molar-refractivity contribution in [3.63, 3.8) is 0 Å². The van der Waals surface area contributed by atoms with Crippen molar-refractivity contribution in [2.45, 2.75) is 6.54 Å². The Kier molecular flexibility index (Phi) is 3.99. The molecule has 0 bridgehead atoms. The molecule has 1 aliphatic rings. The zero-order valence-corrected chi connectivity index (χ0v) is 15.3. The third kappa shape index (κ3) is 2.97. The Balaban J connectivity index is 1.44. The second kappa shape index (κ2) is 6.79. The number of hydrazine groups is 2. The van der Waals surface area contributed by atoms with E-state index in [9.17, 15) is 0 Å². The fourth-order valence-electron chi connectivity index (χ4n) is 3.31. The lowest BCUT2D eigenvalue weighted by Crippen LogP contribution is -2.35. The first-order valence-corrected chi connectivity index (χ1v) is 9.08. The summed E-state index contributed by atoms with van der Waals surface area (Å²) in [5.41, 5.74) is 11.4. The molecule has 0 saturated heterocycles. The van der Waals surface area contributed by atoms with Gasteiger partial charge < -0.3 is 10.7 Å². The van der Waals surface area contributed by atoms with E-state index in [0.29, 0.717) is 6.54 Å². The molecule has 5 rings (SSSR count). The van der Waals surface area contributed by atoms with Crippen LogP contribution < -0.4 is 21.3 Å². The van der Waals surface area contributed by atoms with Gasteiger partial charge in [0, 0.05) is 30.4 Å². The van der Waals surface area contributed by atoms with Gasteiger partial charge >= 0.3 is 0 Å². The van der Waals surface area contributed by atoms with Gasteiger partial charge in [-0.25, -0.2) is 9.97 Å². The van der Waals surface area contributed by atoms with Crippen LogP contribution >= 0.6 is 0 Å². The van der Waals surface area contributed by atoms with Crippen molar-refractivity contribution in [3.05, 3.63) is 72.6 Å². The summed E-state index contributed by atoms with van der Waals surface area (Å²) in [5, 5.41) is 6.17. The van der Waals surface area contributed by atoms with Gasteiger partial charge in [0.2, 0.25) is 0 Å².